The van der Waals surface area contributed by atoms with Gasteiger partial charge in [0.2, 0.25) is 0 Å². The Morgan fingerprint density at radius 3 is 2.73 bits per heavy atom. The molecule has 0 aliphatic rings. The molecule has 3 rings (SSSR count). The number of furan rings is 1. The van der Waals surface area contributed by atoms with E-state index in [1.807, 2.05) is 42.5 Å². The van der Waals surface area contributed by atoms with Gasteiger partial charge in [-0.2, -0.15) is 9.90 Å². The molecule has 1 N–H and O–H groups in total. The van der Waals surface area contributed by atoms with Crippen LogP contribution in [0.15, 0.2) is 53.1 Å². The third kappa shape index (κ3) is 3.06. The van der Waals surface area contributed by atoms with Gasteiger partial charge in [-0.15, -0.1) is 5.10 Å². The molecule has 1 amide bonds. The number of nitrogens with zero attached hydrogens (tertiary/aromatic N) is 3. The number of para-hydroxylation sites is 1. The van der Waals surface area contributed by atoms with E-state index in [0.29, 0.717) is 24.4 Å². The molecule has 0 spiro atoms. The summed E-state index contributed by atoms with van der Waals surface area (Å²) in [6.07, 6.45) is 2.26. The van der Waals surface area contributed by atoms with Crippen molar-refractivity contribution in [2.45, 2.75) is 13.3 Å². The molecule has 0 radical (unpaired) electrons. The number of hydrogen-bond acceptors (Lipinski definition) is 4. The summed E-state index contributed by atoms with van der Waals surface area (Å²) in [5, 5.41) is 11.4. The summed E-state index contributed by atoms with van der Waals surface area (Å²) in [6.45, 7) is 2.26. The SMILES string of the molecule is Cc1nn(-c2ccccc2)nc1C(=O)NCCc1ccco1. The van der Waals surface area contributed by atoms with Crippen molar-refractivity contribution < 1.29 is 9.21 Å². The molecule has 0 bridgehead atoms. The van der Waals surface area contributed by atoms with Crippen molar-refractivity contribution in [3.8, 4) is 5.69 Å². The van der Waals surface area contributed by atoms with Crippen LogP contribution in [0, 0.1) is 6.92 Å². The molecule has 1 aromatic carbocycles. The van der Waals surface area contributed by atoms with E-state index in [9.17, 15) is 4.79 Å². The number of carbonyl (C=O) groups is 1. The second-order valence-electron chi connectivity index (χ2n) is 4.84. The third-order valence-electron chi connectivity index (χ3n) is 3.22. The molecule has 0 saturated heterocycles. The molecule has 0 fully saturated rings. The van der Waals surface area contributed by atoms with Gasteiger partial charge in [-0.3, -0.25) is 4.79 Å². The quantitative estimate of drug-likeness (QED) is 0.783. The Morgan fingerprint density at radius 1 is 1.18 bits per heavy atom. The topological polar surface area (TPSA) is 73.0 Å². The first-order valence-electron chi connectivity index (χ1n) is 7.04. The van der Waals surface area contributed by atoms with E-state index in [1.54, 1.807) is 13.2 Å². The molecule has 6 heteroatoms. The van der Waals surface area contributed by atoms with Gasteiger partial charge >= 0.3 is 0 Å². The summed E-state index contributed by atoms with van der Waals surface area (Å²) in [6, 6.07) is 13.2. The van der Waals surface area contributed by atoms with E-state index in [-0.39, 0.29) is 5.91 Å². The Kier molecular flexibility index (Phi) is 4.00. The van der Waals surface area contributed by atoms with Crippen LogP contribution in [0.2, 0.25) is 0 Å². The Bertz CT molecular complexity index is 748. The fourth-order valence-corrected chi connectivity index (χ4v) is 2.10. The van der Waals surface area contributed by atoms with Crippen LogP contribution in [0.3, 0.4) is 0 Å². The van der Waals surface area contributed by atoms with Crippen LogP contribution < -0.4 is 5.32 Å². The minimum Gasteiger partial charge on any atom is -0.469 e. The van der Waals surface area contributed by atoms with Crippen LogP contribution in [-0.2, 0) is 6.42 Å². The summed E-state index contributed by atoms with van der Waals surface area (Å²) in [5.74, 6) is 0.608. The second-order valence-corrected chi connectivity index (χ2v) is 4.84. The smallest absolute Gasteiger partial charge is 0.273 e. The highest BCUT2D eigenvalue weighted by Crippen LogP contribution is 2.08. The van der Waals surface area contributed by atoms with E-state index in [1.165, 1.54) is 4.80 Å². The van der Waals surface area contributed by atoms with Gasteiger partial charge in [0.05, 0.1) is 17.6 Å². The maximum Gasteiger partial charge on any atom is 0.273 e. The van der Waals surface area contributed by atoms with Gasteiger partial charge in [-0.1, -0.05) is 18.2 Å². The molecule has 2 aromatic heterocycles. The number of amides is 1. The highest BCUT2D eigenvalue weighted by molar-refractivity contribution is 5.93. The van der Waals surface area contributed by atoms with Crippen molar-refractivity contribution in [3.63, 3.8) is 0 Å². The normalized spacial score (nSPS) is 10.6. The Labute approximate surface area is 127 Å². The fraction of sp³-hybridized carbons (Fsp3) is 0.188. The molecular weight excluding hydrogens is 280 g/mol. The minimum atomic E-state index is -0.230. The number of nitrogens with one attached hydrogen (secondary N) is 1. The van der Waals surface area contributed by atoms with Crippen molar-refractivity contribution in [2.75, 3.05) is 6.54 Å². The average Bonchev–Trinajstić information content (AvgIpc) is 3.17. The summed E-state index contributed by atoms with van der Waals surface area (Å²) in [7, 11) is 0. The third-order valence-corrected chi connectivity index (χ3v) is 3.22. The Morgan fingerprint density at radius 2 is 2.00 bits per heavy atom. The van der Waals surface area contributed by atoms with Gasteiger partial charge in [0.25, 0.3) is 5.91 Å². The first-order chi connectivity index (χ1) is 10.7. The van der Waals surface area contributed by atoms with Crippen molar-refractivity contribution in [2.24, 2.45) is 0 Å². The molecular formula is C16H16N4O2. The summed E-state index contributed by atoms with van der Waals surface area (Å²) < 4.78 is 5.22. The van der Waals surface area contributed by atoms with Crippen LogP contribution >= 0.6 is 0 Å². The lowest BCUT2D eigenvalue weighted by Crippen LogP contribution is -2.26. The van der Waals surface area contributed by atoms with E-state index >= 15 is 0 Å². The summed E-state index contributed by atoms with van der Waals surface area (Å²) >= 11 is 0. The van der Waals surface area contributed by atoms with E-state index < -0.39 is 0 Å². The second kappa shape index (κ2) is 6.26. The zero-order valence-electron chi connectivity index (χ0n) is 12.2. The van der Waals surface area contributed by atoms with Gasteiger partial charge in [-0.25, -0.2) is 0 Å². The number of aromatic nitrogens is 3. The highest BCUT2D eigenvalue weighted by Gasteiger charge is 2.15. The standard InChI is InChI=1S/C16H16N4O2/c1-12-15(16(21)17-10-9-14-8-5-11-22-14)19-20(18-12)13-6-3-2-4-7-13/h2-8,11H,9-10H2,1H3,(H,17,21). The maximum atomic E-state index is 12.2. The van der Waals surface area contributed by atoms with E-state index in [0.717, 1.165) is 11.4 Å². The van der Waals surface area contributed by atoms with E-state index in [4.69, 9.17) is 4.42 Å². The first-order valence-corrected chi connectivity index (χ1v) is 7.04. The largest absolute Gasteiger partial charge is 0.469 e. The van der Waals surface area contributed by atoms with Gasteiger partial charge in [0.15, 0.2) is 5.69 Å². The van der Waals surface area contributed by atoms with Crippen LogP contribution in [-0.4, -0.2) is 27.4 Å². The van der Waals surface area contributed by atoms with E-state index in [2.05, 4.69) is 15.5 Å². The molecule has 3 aromatic rings. The van der Waals surface area contributed by atoms with Crippen LogP contribution in [0.1, 0.15) is 21.9 Å². The fourth-order valence-electron chi connectivity index (χ4n) is 2.10. The zero-order chi connectivity index (χ0) is 15.4. The van der Waals surface area contributed by atoms with Crippen LogP contribution in [0.25, 0.3) is 5.69 Å². The highest BCUT2D eigenvalue weighted by atomic mass is 16.3. The predicted octanol–water partition coefficient (Wildman–Crippen LogP) is 2.14. The number of hydrogen-bond donors (Lipinski definition) is 1. The summed E-state index contributed by atoms with van der Waals surface area (Å²) in [4.78, 5) is 13.7. The number of carbonyl (C=O) groups excluding carboxylic acids is 1. The van der Waals surface area contributed by atoms with Crippen molar-refractivity contribution in [1.82, 2.24) is 20.3 Å². The molecule has 0 unspecified atom stereocenters. The lowest BCUT2D eigenvalue weighted by molar-refractivity contribution is 0.0947. The van der Waals surface area contributed by atoms with Gasteiger partial charge in [0, 0.05) is 13.0 Å². The number of rotatable bonds is 5. The molecule has 0 atom stereocenters. The Hall–Kier alpha value is -2.89. The Balaban J connectivity index is 1.66. The average molecular weight is 296 g/mol. The van der Waals surface area contributed by atoms with Crippen LogP contribution in [0.5, 0.6) is 0 Å². The molecule has 112 valence electrons. The van der Waals surface area contributed by atoms with Crippen molar-refractivity contribution in [3.05, 3.63) is 65.9 Å². The maximum absolute atomic E-state index is 12.2. The molecule has 22 heavy (non-hydrogen) atoms. The summed E-state index contributed by atoms with van der Waals surface area (Å²) in [5.41, 5.74) is 1.75. The molecule has 0 saturated carbocycles. The minimum absolute atomic E-state index is 0.230. The van der Waals surface area contributed by atoms with Crippen LogP contribution in [0.4, 0.5) is 0 Å². The van der Waals surface area contributed by atoms with Gasteiger partial charge in [-0.05, 0) is 31.2 Å². The van der Waals surface area contributed by atoms with Crippen molar-refractivity contribution >= 4 is 5.91 Å². The zero-order valence-corrected chi connectivity index (χ0v) is 12.2. The lowest BCUT2D eigenvalue weighted by atomic mass is 10.3. The molecule has 0 aliphatic carbocycles. The van der Waals surface area contributed by atoms with Gasteiger partial charge < -0.3 is 9.73 Å². The number of benzene rings is 1. The van der Waals surface area contributed by atoms with Gasteiger partial charge in [0.1, 0.15) is 5.76 Å². The number of aryl methyl sites for hydroxylation is 1. The van der Waals surface area contributed by atoms with Crippen molar-refractivity contribution in [1.29, 1.82) is 0 Å². The molecule has 2 heterocycles. The first kappa shape index (κ1) is 14.1. The molecule has 0 aliphatic heterocycles. The monoisotopic (exact) mass is 296 g/mol. The predicted molar refractivity (Wildman–Crippen MR) is 80.8 cm³/mol. The lowest BCUT2D eigenvalue weighted by Gasteiger charge is -2.01. The molecule has 6 nitrogen and oxygen atoms in total.